The zero-order valence-corrected chi connectivity index (χ0v) is 7.18. The SMILES string of the molecule is CCCC(=O)CCCP. The second-order valence-electron chi connectivity index (χ2n) is 2.18. The van der Waals surface area contributed by atoms with E-state index >= 15 is 0 Å². The summed E-state index contributed by atoms with van der Waals surface area (Å²) in [5.74, 6) is 0.417. The van der Waals surface area contributed by atoms with E-state index < -0.39 is 0 Å². The molecule has 1 atom stereocenters. The van der Waals surface area contributed by atoms with Gasteiger partial charge in [0.15, 0.2) is 0 Å². The first-order valence-electron chi connectivity index (χ1n) is 3.53. The molecule has 0 N–H and O–H groups in total. The molecule has 9 heavy (non-hydrogen) atoms. The fraction of sp³-hybridized carbons (Fsp3) is 0.857. The van der Waals surface area contributed by atoms with Crippen molar-refractivity contribution in [3.63, 3.8) is 0 Å². The highest BCUT2D eigenvalue weighted by Crippen LogP contribution is 1.99. The Kier molecular flexibility index (Phi) is 6.29. The van der Waals surface area contributed by atoms with Crippen LogP contribution in [0.15, 0.2) is 0 Å². The van der Waals surface area contributed by atoms with Crippen LogP contribution in [0, 0.1) is 0 Å². The van der Waals surface area contributed by atoms with Crippen molar-refractivity contribution in [3.8, 4) is 0 Å². The predicted octanol–water partition coefficient (Wildman–Crippen LogP) is 2.01. The van der Waals surface area contributed by atoms with Gasteiger partial charge >= 0.3 is 0 Å². The number of rotatable bonds is 5. The first-order chi connectivity index (χ1) is 4.31. The van der Waals surface area contributed by atoms with Gasteiger partial charge in [0, 0.05) is 12.8 Å². The largest absolute Gasteiger partial charge is 0.300 e. The Bertz CT molecular complexity index is 81.0. The molecule has 0 aliphatic carbocycles. The van der Waals surface area contributed by atoms with Crippen molar-refractivity contribution < 1.29 is 4.79 Å². The van der Waals surface area contributed by atoms with Crippen molar-refractivity contribution in [2.45, 2.75) is 32.6 Å². The zero-order chi connectivity index (χ0) is 7.11. The molecule has 0 aromatic carbocycles. The number of ketones is 1. The summed E-state index contributed by atoms with van der Waals surface area (Å²) >= 11 is 0. The van der Waals surface area contributed by atoms with E-state index in [9.17, 15) is 4.79 Å². The highest BCUT2D eigenvalue weighted by Gasteiger charge is 1.96. The van der Waals surface area contributed by atoms with Crippen LogP contribution in [0.1, 0.15) is 32.6 Å². The van der Waals surface area contributed by atoms with Crippen molar-refractivity contribution in [2.75, 3.05) is 6.16 Å². The van der Waals surface area contributed by atoms with Crippen LogP contribution in [0.5, 0.6) is 0 Å². The maximum atomic E-state index is 10.8. The lowest BCUT2D eigenvalue weighted by molar-refractivity contribution is -0.119. The standard InChI is InChI=1S/C7H15OP/c1-2-4-7(8)5-3-6-9/h2-6,9H2,1H3. The Balaban J connectivity index is 3.06. The molecular formula is C7H15OP. The average molecular weight is 146 g/mol. The van der Waals surface area contributed by atoms with Gasteiger partial charge in [-0.1, -0.05) is 6.92 Å². The monoisotopic (exact) mass is 146 g/mol. The molecule has 0 spiro atoms. The molecule has 0 aliphatic rings. The number of hydrogen-bond donors (Lipinski definition) is 0. The fourth-order valence-corrected chi connectivity index (χ4v) is 0.907. The van der Waals surface area contributed by atoms with E-state index in [0.717, 1.165) is 31.8 Å². The maximum Gasteiger partial charge on any atom is 0.132 e. The van der Waals surface area contributed by atoms with Gasteiger partial charge in [0.1, 0.15) is 5.78 Å². The van der Waals surface area contributed by atoms with Crippen LogP contribution in [-0.4, -0.2) is 11.9 Å². The van der Waals surface area contributed by atoms with Gasteiger partial charge in [0.25, 0.3) is 0 Å². The van der Waals surface area contributed by atoms with Crippen LogP contribution in [0.2, 0.25) is 0 Å². The van der Waals surface area contributed by atoms with Gasteiger partial charge < -0.3 is 0 Å². The molecule has 0 aliphatic heterocycles. The maximum absolute atomic E-state index is 10.8. The summed E-state index contributed by atoms with van der Waals surface area (Å²) in [7, 11) is 2.63. The number of hydrogen-bond acceptors (Lipinski definition) is 1. The summed E-state index contributed by atoms with van der Waals surface area (Å²) in [6.07, 6.45) is 4.62. The lowest BCUT2D eigenvalue weighted by Gasteiger charge is -1.94. The second kappa shape index (κ2) is 6.22. The topological polar surface area (TPSA) is 17.1 Å². The van der Waals surface area contributed by atoms with Crippen LogP contribution >= 0.6 is 9.24 Å². The third-order valence-electron chi connectivity index (χ3n) is 1.19. The van der Waals surface area contributed by atoms with Crippen LogP contribution < -0.4 is 0 Å². The summed E-state index contributed by atoms with van der Waals surface area (Å²) in [5, 5.41) is 0. The van der Waals surface area contributed by atoms with Gasteiger partial charge in [-0.3, -0.25) is 4.79 Å². The summed E-state index contributed by atoms with van der Waals surface area (Å²) in [6, 6.07) is 0. The molecule has 0 rings (SSSR count). The Morgan fingerprint density at radius 1 is 1.44 bits per heavy atom. The van der Waals surface area contributed by atoms with Crippen molar-refractivity contribution in [2.24, 2.45) is 0 Å². The van der Waals surface area contributed by atoms with Crippen LogP contribution in [0.4, 0.5) is 0 Å². The van der Waals surface area contributed by atoms with E-state index in [1.54, 1.807) is 0 Å². The van der Waals surface area contributed by atoms with E-state index in [-0.39, 0.29) is 0 Å². The van der Waals surface area contributed by atoms with E-state index in [1.807, 2.05) is 6.92 Å². The Labute approximate surface area is 59.4 Å². The lowest BCUT2D eigenvalue weighted by atomic mass is 10.1. The first-order valence-corrected chi connectivity index (χ1v) is 4.34. The van der Waals surface area contributed by atoms with Crippen molar-refractivity contribution in [1.82, 2.24) is 0 Å². The van der Waals surface area contributed by atoms with E-state index in [4.69, 9.17) is 0 Å². The third kappa shape index (κ3) is 5.98. The molecule has 1 unspecified atom stereocenters. The number of carbonyl (C=O) groups is 1. The molecule has 0 saturated heterocycles. The van der Waals surface area contributed by atoms with E-state index in [0.29, 0.717) is 5.78 Å². The molecule has 0 amide bonds. The minimum absolute atomic E-state index is 0.417. The molecule has 0 saturated carbocycles. The van der Waals surface area contributed by atoms with Gasteiger partial charge in [0.05, 0.1) is 0 Å². The Hall–Kier alpha value is 0.100. The van der Waals surface area contributed by atoms with Crippen LogP contribution in [0.3, 0.4) is 0 Å². The van der Waals surface area contributed by atoms with Gasteiger partial charge in [0.2, 0.25) is 0 Å². The van der Waals surface area contributed by atoms with Gasteiger partial charge in [-0.05, 0) is 19.0 Å². The van der Waals surface area contributed by atoms with Crippen molar-refractivity contribution in [3.05, 3.63) is 0 Å². The minimum atomic E-state index is 0.417. The van der Waals surface area contributed by atoms with Gasteiger partial charge in [-0.2, -0.15) is 0 Å². The van der Waals surface area contributed by atoms with Crippen molar-refractivity contribution in [1.29, 1.82) is 0 Å². The summed E-state index contributed by atoms with van der Waals surface area (Å²) < 4.78 is 0. The zero-order valence-electron chi connectivity index (χ0n) is 6.02. The molecule has 54 valence electrons. The van der Waals surface area contributed by atoms with Gasteiger partial charge in [-0.15, -0.1) is 9.24 Å². The number of Topliss-reactive ketones (excluding diaryl/α,β-unsaturated/α-hetero) is 1. The fourth-order valence-electron chi connectivity index (χ4n) is 0.703. The highest BCUT2D eigenvalue weighted by atomic mass is 31.0. The van der Waals surface area contributed by atoms with E-state index in [2.05, 4.69) is 9.24 Å². The first kappa shape index (κ1) is 9.10. The Morgan fingerprint density at radius 2 is 2.11 bits per heavy atom. The average Bonchev–Trinajstić information content (AvgIpc) is 1.85. The summed E-state index contributed by atoms with van der Waals surface area (Å²) in [4.78, 5) is 10.8. The summed E-state index contributed by atoms with van der Waals surface area (Å²) in [5.41, 5.74) is 0. The lowest BCUT2D eigenvalue weighted by Crippen LogP contribution is -1.95. The minimum Gasteiger partial charge on any atom is -0.300 e. The molecule has 0 fully saturated rings. The second-order valence-corrected chi connectivity index (χ2v) is 2.76. The van der Waals surface area contributed by atoms with Crippen molar-refractivity contribution >= 4 is 15.0 Å². The van der Waals surface area contributed by atoms with Gasteiger partial charge in [-0.25, -0.2) is 0 Å². The molecule has 0 radical (unpaired) electrons. The Morgan fingerprint density at radius 3 is 2.56 bits per heavy atom. The molecular weight excluding hydrogens is 131 g/mol. The summed E-state index contributed by atoms with van der Waals surface area (Å²) in [6.45, 7) is 2.04. The molecule has 0 heterocycles. The molecule has 0 aromatic heterocycles. The third-order valence-corrected chi connectivity index (χ3v) is 1.60. The molecule has 1 nitrogen and oxygen atoms in total. The molecule has 2 heteroatoms. The quantitative estimate of drug-likeness (QED) is 0.542. The highest BCUT2D eigenvalue weighted by molar-refractivity contribution is 7.16. The molecule has 0 bridgehead atoms. The number of carbonyl (C=O) groups excluding carboxylic acids is 1. The normalized spacial score (nSPS) is 9.56. The van der Waals surface area contributed by atoms with Crippen LogP contribution in [-0.2, 0) is 4.79 Å². The van der Waals surface area contributed by atoms with E-state index in [1.165, 1.54) is 0 Å². The predicted molar refractivity (Wildman–Crippen MR) is 43.7 cm³/mol. The molecule has 0 aromatic rings. The van der Waals surface area contributed by atoms with Crippen LogP contribution in [0.25, 0.3) is 0 Å². The smallest absolute Gasteiger partial charge is 0.132 e.